The Balaban J connectivity index is 1.73. The van der Waals surface area contributed by atoms with Gasteiger partial charge in [-0.2, -0.15) is 0 Å². The maximum Gasteiger partial charge on any atom is 0.0817 e. The summed E-state index contributed by atoms with van der Waals surface area (Å²) >= 11 is 2.18. The second kappa shape index (κ2) is 7.08. The van der Waals surface area contributed by atoms with Crippen molar-refractivity contribution in [1.29, 1.82) is 0 Å². The van der Waals surface area contributed by atoms with Gasteiger partial charge >= 0.3 is 0 Å². The van der Waals surface area contributed by atoms with Crippen molar-refractivity contribution in [1.82, 2.24) is 0 Å². The Kier molecular flexibility index (Phi) is 5.03. The number of nitrogens with two attached hydrogens (primary N) is 1. The van der Waals surface area contributed by atoms with Crippen LogP contribution in [0.2, 0.25) is 0 Å². The Labute approximate surface area is 152 Å². The zero-order valence-electron chi connectivity index (χ0n) is 14.2. The summed E-state index contributed by atoms with van der Waals surface area (Å²) in [5.74, 6) is 1.26. The predicted molar refractivity (Wildman–Crippen MR) is 111 cm³/mol. The molecule has 0 amide bonds. The zero-order chi connectivity index (χ0) is 16.6. The van der Waals surface area contributed by atoms with E-state index in [1.807, 2.05) is 0 Å². The molecule has 2 N–H and O–H groups in total. The van der Waals surface area contributed by atoms with Crippen LogP contribution in [0.15, 0.2) is 48.5 Å². The summed E-state index contributed by atoms with van der Waals surface area (Å²) in [6.45, 7) is 2.28. The molecule has 2 aliphatic heterocycles. The van der Waals surface area contributed by atoms with Crippen molar-refractivity contribution >= 4 is 27.1 Å². The van der Waals surface area contributed by atoms with Crippen LogP contribution < -0.4 is 5.73 Å². The molecule has 24 heavy (non-hydrogen) atoms. The Morgan fingerprint density at radius 1 is 1.17 bits per heavy atom. The molecule has 0 radical (unpaired) electrons. The van der Waals surface area contributed by atoms with Gasteiger partial charge in [-0.3, -0.25) is 0 Å². The molecule has 0 saturated carbocycles. The van der Waals surface area contributed by atoms with E-state index < -0.39 is 0 Å². The molecule has 0 spiro atoms. The van der Waals surface area contributed by atoms with Crippen molar-refractivity contribution in [2.75, 3.05) is 5.75 Å². The van der Waals surface area contributed by atoms with Crippen LogP contribution in [0.25, 0.3) is 0 Å². The first-order chi connectivity index (χ1) is 11.7. The molecule has 2 aliphatic rings. The van der Waals surface area contributed by atoms with E-state index in [4.69, 9.17) is 5.73 Å². The second-order valence-corrected chi connectivity index (χ2v) is 12.6. The van der Waals surface area contributed by atoms with Gasteiger partial charge in [0.25, 0.3) is 0 Å². The van der Waals surface area contributed by atoms with Gasteiger partial charge in [-0.15, -0.1) is 20.0 Å². The fourth-order valence-corrected chi connectivity index (χ4v) is 12.4. The summed E-state index contributed by atoms with van der Waals surface area (Å²) < 4.78 is 0. The summed E-state index contributed by atoms with van der Waals surface area (Å²) in [6.07, 6.45) is 4.98. The van der Waals surface area contributed by atoms with Gasteiger partial charge in [0.15, 0.2) is 0 Å². The van der Waals surface area contributed by atoms with Crippen LogP contribution in [-0.4, -0.2) is 5.75 Å². The summed E-state index contributed by atoms with van der Waals surface area (Å²) in [7, 11) is 0.661. The highest BCUT2D eigenvalue weighted by atomic mass is 32.7. The van der Waals surface area contributed by atoms with Crippen molar-refractivity contribution in [3.8, 4) is 0 Å². The van der Waals surface area contributed by atoms with Crippen LogP contribution in [0.5, 0.6) is 0 Å². The lowest BCUT2D eigenvalue weighted by molar-refractivity contribution is 0.636. The van der Waals surface area contributed by atoms with Gasteiger partial charge in [0.1, 0.15) is 0 Å². The van der Waals surface area contributed by atoms with E-state index in [0.29, 0.717) is 5.66 Å². The minimum atomic E-state index is -0.263. The average molecular weight is 373 g/mol. The van der Waals surface area contributed by atoms with Crippen LogP contribution in [0.3, 0.4) is 0 Å². The quantitative estimate of drug-likeness (QED) is 0.501. The van der Waals surface area contributed by atoms with E-state index in [1.54, 1.807) is 0 Å². The molecule has 2 heterocycles. The van der Waals surface area contributed by atoms with Gasteiger partial charge in [0.05, 0.1) is 5.28 Å². The number of hydrogen-bond donors (Lipinski definition) is 1. The Bertz CT molecular complexity index is 735. The van der Waals surface area contributed by atoms with Gasteiger partial charge in [-0.25, -0.2) is 0 Å². The third-order valence-corrected chi connectivity index (χ3v) is 12.7. The van der Waals surface area contributed by atoms with Gasteiger partial charge < -0.3 is 5.73 Å². The molecule has 4 heteroatoms. The number of benzene rings is 2. The summed E-state index contributed by atoms with van der Waals surface area (Å²) in [5, 5.41) is -0.143. The van der Waals surface area contributed by atoms with Gasteiger partial charge in [0.2, 0.25) is 0 Å². The van der Waals surface area contributed by atoms with Crippen LogP contribution >= 0.6 is 27.1 Å². The number of unbranched alkanes of at least 4 members (excludes halogenated alkanes) is 1. The molecule has 4 rings (SSSR count). The predicted octanol–water partition coefficient (Wildman–Crippen LogP) is 6.18. The molecule has 2 aromatic rings. The fourth-order valence-electron chi connectivity index (χ4n) is 3.93. The zero-order valence-corrected chi connectivity index (χ0v) is 16.9. The van der Waals surface area contributed by atoms with Gasteiger partial charge in [-0.05, 0) is 47.7 Å². The average Bonchev–Trinajstić information content (AvgIpc) is 3.16. The van der Waals surface area contributed by atoms with Crippen LogP contribution in [0.4, 0.5) is 0 Å². The van der Waals surface area contributed by atoms with Gasteiger partial charge in [0, 0.05) is 11.8 Å². The molecule has 0 bridgehead atoms. The van der Waals surface area contributed by atoms with Crippen molar-refractivity contribution in [2.45, 2.75) is 43.0 Å². The maximum absolute atomic E-state index is 7.33. The third kappa shape index (κ3) is 2.77. The lowest BCUT2D eigenvalue weighted by Crippen LogP contribution is -2.36. The lowest BCUT2D eigenvalue weighted by atomic mass is 9.93. The minimum absolute atomic E-state index is 0.143. The van der Waals surface area contributed by atoms with E-state index in [2.05, 4.69) is 66.8 Å². The van der Waals surface area contributed by atoms with E-state index in [-0.39, 0.29) is 12.4 Å². The Morgan fingerprint density at radius 3 is 2.75 bits per heavy atom. The highest BCUT2D eigenvalue weighted by Gasteiger charge is 2.51. The first kappa shape index (κ1) is 17.0. The highest BCUT2D eigenvalue weighted by molar-refractivity contribution is 8.55. The second-order valence-electron chi connectivity index (χ2n) is 6.72. The molecule has 0 aromatic heterocycles. The molecule has 2 unspecified atom stereocenters. The van der Waals surface area contributed by atoms with Crippen molar-refractivity contribution in [2.24, 2.45) is 5.73 Å². The number of fused-ring (bicyclic) bond motifs is 2. The largest absolute Gasteiger partial charge is 0.316 e. The molecule has 2 aromatic carbocycles. The molecule has 4 atom stereocenters. The van der Waals surface area contributed by atoms with Crippen LogP contribution in [-0.2, 0) is 17.6 Å². The monoisotopic (exact) mass is 373 g/mol. The molecule has 0 saturated heterocycles. The highest BCUT2D eigenvalue weighted by Crippen LogP contribution is 2.76. The smallest absolute Gasteiger partial charge is 0.0817 e. The standard InChI is InChI=1S/C20H25NP2S/c1-2-3-12-24-23-14-16-9-5-7-11-18(16)20(23,21)19-17-10-6-4-8-15(17)13-22-19/h4-11,19,22H,2-3,12-14,21H2,1H3/t19?,20-,23+/m1/s1. The van der Waals surface area contributed by atoms with E-state index in [0.717, 1.165) is 8.58 Å². The SMILES string of the molecule is CCCCS[P@@]1Cc2ccccc2[C@]1(N)C1PCc2ccccc21. The Hall–Kier alpha value is -0.390. The number of hydrogen-bond acceptors (Lipinski definition) is 2. The van der Waals surface area contributed by atoms with Gasteiger partial charge in [-0.1, -0.05) is 61.9 Å². The first-order valence-corrected chi connectivity index (χ1v) is 13.2. The van der Waals surface area contributed by atoms with E-state index in [9.17, 15) is 0 Å². The van der Waals surface area contributed by atoms with Crippen molar-refractivity contribution < 1.29 is 0 Å². The molecule has 0 aliphatic carbocycles. The molecule has 0 fully saturated rings. The fraction of sp³-hybridized carbons (Fsp3) is 0.400. The topological polar surface area (TPSA) is 26.0 Å². The van der Waals surface area contributed by atoms with Crippen LogP contribution in [0.1, 0.15) is 47.7 Å². The summed E-state index contributed by atoms with van der Waals surface area (Å²) in [5.41, 5.74) is 13.8. The van der Waals surface area contributed by atoms with E-state index >= 15 is 0 Å². The van der Waals surface area contributed by atoms with Crippen molar-refractivity contribution in [3.63, 3.8) is 0 Å². The maximum atomic E-state index is 7.33. The summed E-state index contributed by atoms with van der Waals surface area (Å²) in [4.78, 5) is 0. The molecule has 126 valence electrons. The third-order valence-electron chi connectivity index (χ3n) is 5.22. The molecule has 1 nitrogen and oxygen atoms in total. The Morgan fingerprint density at radius 2 is 1.92 bits per heavy atom. The molecular weight excluding hydrogens is 348 g/mol. The first-order valence-electron chi connectivity index (χ1n) is 8.84. The van der Waals surface area contributed by atoms with E-state index in [1.165, 1.54) is 53.2 Å². The molecular formula is C20H25NP2S. The summed E-state index contributed by atoms with van der Waals surface area (Å²) in [6, 6.07) is 18.0. The minimum Gasteiger partial charge on any atom is -0.316 e. The lowest BCUT2D eigenvalue weighted by Gasteiger charge is -2.38. The normalized spacial score (nSPS) is 28.9. The van der Waals surface area contributed by atoms with Crippen LogP contribution in [0, 0.1) is 0 Å². The van der Waals surface area contributed by atoms with Crippen molar-refractivity contribution in [3.05, 3.63) is 70.8 Å². The number of rotatable bonds is 5.